The van der Waals surface area contributed by atoms with Gasteiger partial charge in [-0.2, -0.15) is 0 Å². The third-order valence-corrected chi connectivity index (χ3v) is 8.29. The van der Waals surface area contributed by atoms with Crippen LogP contribution in [0.25, 0.3) is 6.08 Å². The summed E-state index contributed by atoms with van der Waals surface area (Å²) in [6.07, 6.45) is 4.05. The Morgan fingerprint density at radius 3 is 2.48 bits per heavy atom. The van der Waals surface area contributed by atoms with Gasteiger partial charge in [-0.25, -0.2) is 0 Å². The average molecular weight is 396 g/mol. The van der Waals surface area contributed by atoms with Crippen molar-refractivity contribution in [1.29, 1.82) is 0 Å². The molecule has 0 aromatic heterocycles. The van der Waals surface area contributed by atoms with Gasteiger partial charge in [-0.3, -0.25) is 0 Å². The molecule has 1 aliphatic heterocycles. The van der Waals surface area contributed by atoms with Crippen LogP contribution in [0.2, 0.25) is 0 Å². The van der Waals surface area contributed by atoms with Crippen LogP contribution in [-0.4, -0.2) is 33.8 Å². The van der Waals surface area contributed by atoms with Crippen molar-refractivity contribution in [2.45, 2.75) is 3.97 Å². The van der Waals surface area contributed by atoms with E-state index in [1.165, 1.54) is 0 Å². The Bertz CT molecular complexity index is 707. The summed E-state index contributed by atoms with van der Waals surface area (Å²) in [6.45, 7) is 0. The molecule has 0 spiro atoms. The molecule has 3 nitrogen and oxygen atoms in total. The zero-order valence-corrected chi connectivity index (χ0v) is 14.2. The van der Waals surface area contributed by atoms with Crippen molar-refractivity contribution in [2.24, 2.45) is 0 Å². The molecule has 0 bridgehead atoms. The fraction of sp³-hybridized carbons (Fsp3) is 0.176. The molecular formula is C17H16O3Te. The maximum absolute atomic E-state index is 13.0. The molecule has 0 aliphatic carbocycles. The fourth-order valence-electron chi connectivity index (χ4n) is 2.46. The van der Waals surface area contributed by atoms with Crippen LogP contribution >= 0.6 is 0 Å². The molecule has 0 radical (unpaired) electrons. The first-order valence-corrected chi connectivity index (χ1v) is 10.1. The van der Waals surface area contributed by atoms with E-state index in [1.54, 1.807) is 14.2 Å². The second-order valence-electron chi connectivity index (χ2n) is 4.73. The Morgan fingerprint density at radius 2 is 1.81 bits per heavy atom. The molecule has 2 aromatic rings. The number of allylic oxidation sites excluding steroid dienone is 1. The molecule has 1 aliphatic rings. The predicted octanol–water partition coefficient (Wildman–Crippen LogP) is 2.68. The SMILES string of the molecule is COc1cc(OC)c2c(c1)[Te](=O)C(c1ccccc1)C=C2. The first-order valence-electron chi connectivity index (χ1n) is 6.64. The topological polar surface area (TPSA) is 35.5 Å². The molecule has 0 saturated heterocycles. The third-order valence-electron chi connectivity index (χ3n) is 3.55. The van der Waals surface area contributed by atoms with Gasteiger partial charge in [0.1, 0.15) is 0 Å². The first kappa shape index (κ1) is 14.3. The Kier molecular flexibility index (Phi) is 4.10. The van der Waals surface area contributed by atoms with E-state index in [-0.39, 0.29) is 3.97 Å². The van der Waals surface area contributed by atoms with E-state index in [1.807, 2.05) is 54.6 Å². The molecule has 0 fully saturated rings. The maximum atomic E-state index is 13.0. The number of fused-ring (bicyclic) bond motifs is 1. The van der Waals surface area contributed by atoms with E-state index in [0.717, 1.165) is 14.7 Å². The van der Waals surface area contributed by atoms with E-state index < -0.39 is 19.5 Å². The summed E-state index contributed by atoms with van der Waals surface area (Å²) >= 11 is -2.76. The van der Waals surface area contributed by atoms with Gasteiger partial charge in [-0.15, -0.1) is 0 Å². The molecule has 0 amide bonds. The molecule has 3 rings (SSSR count). The van der Waals surface area contributed by atoms with Crippen molar-refractivity contribution >= 4 is 29.2 Å². The van der Waals surface area contributed by atoms with Gasteiger partial charge in [-0.1, -0.05) is 0 Å². The van der Waals surface area contributed by atoms with Crippen LogP contribution in [0.5, 0.6) is 11.5 Å². The van der Waals surface area contributed by atoms with E-state index in [2.05, 4.69) is 0 Å². The number of rotatable bonds is 3. The van der Waals surface area contributed by atoms with Gasteiger partial charge in [0.15, 0.2) is 0 Å². The van der Waals surface area contributed by atoms with Crippen LogP contribution in [0.1, 0.15) is 15.1 Å². The minimum absolute atomic E-state index is 0.000822. The van der Waals surface area contributed by atoms with Crippen molar-refractivity contribution < 1.29 is 12.6 Å². The normalized spacial score (nSPS) is 17.3. The Hall–Kier alpha value is -1.63. The second-order valence-corrected chi connectivity index (χ2v) is 9.13. The molecule has 2 aromatic carbocycles. The molecule has 1 unspecified atom stereocenters. The van der Waals surface area contributed by atoms with Gasteiger partial charge in [-0.05, 0) is 0 Å². The fourth-order valence-corrected chi connectivity index (χ4v) is 6.79. The van der Waals surface area contributed by atoms with Gasteiger partial charge in [0, 0.05) is 0 Å². The Balaban J connectivity index is 2.10. The number of hydrogen-bond acceptors (Lipinski definition) is 3. The summed E-state index contributed by atoms with van der Waals surface area (Å²) in [7, 11) is 3.23. The van der Waals surface area contributed by atoms with E-state index >= 15 is 0 Å². The van der Waals surface area contributed by atoms with Crippen LogP contribution in [0, 0.1) is 0 Å². The van der Waals surface area contributed by atoms with Gasteiger partial charge in [0.05, 0.1) is 0 Å². The van der Waals surface area contributed by atoms with Crippen LogP contribution in [0.4, 0.5) is 0 Å². The van der Waals surface area contributed by atoms with Crippen LogP contribution in [0.3, 0.4) is 0 Å². The summed E-state index contributed by atoms with van der Waals surface area (Å²) in [4.78, 5) is 0. The summed E-state index contributed by atoms with van der Waals surface area (Å²) in [5.74, 6) is 1.41. The number of methoxy groups -OCH3 is 2. The second kappa shape index (κ2) is 6.01. The minimum atomic E-state index is -2.76. The Labute approximate surface area is 131 Å². The number of ether oxygens (including phenoxy) is 2. The zero-order valence-electron chi connectivity index (χ0n) is 11.9. The summed E-state index contributed by atoms with van der Waals surface area (Å²) in [6, 6.07) is 13.7. The quantitative estimate of drug-likeness (QED) is 0.749. The van der Waals surface area contributed by atoms with Crippen molar-refractivity contribution in [3.8, 4) is 11.5 Å². The summed E-state index contributed by atoms with van der Waals surface area (Å²) in [5, 5.41) is 0. The molecule has 0 N–H and O–H groups in total. The van der Waals surface area contributed by atoms with Crippen molar-refractivity contribution in [1.82, 2.24) is 0 Å². The van der Waals surface area contributed by atoms with Crippen molar-refractivity contribution in [3.05, 3.63) is 59.7 Å². The van der Waals surface area contributed by atoms with E-state index in [4.69, 9.17) is 9.47 Å². The summed E-state index contributed by atoms with van der Waals surface area (Å²) < 4.78 is 24.6. The van der Waals surface area contributed by atoms with Gasteiger partial charge in [0.2, 0.25) is 0 Å². The predicted molar refractivity (Wildman–Crippen MR) is 83.8 cm³/mol. The van der Waals surface area contributed by atoms with Gasteiger partial charge in [0.25, 0.3) is 0 Å². The van der Waals surface area contributed by atoms with Crippen molar-refractivity contribution in [2.75, 3.05) is 14.2 Å². The summed E-state index contributed by atoms with van der Waals surface area (Å²) in [5.41, 5.74) is 2.03. The average Bonchev–Trinajstić information content (AvgIpc) is 2.55. The molecule has 21 heavy (non-hydrogen) atoms. The third kappa shape index (κ3) is 2.62. The van der Waals surface area contributed by atoms with Crippen molar-refractivity contribution in [3.63, 3.8) is 0 Å². The van der Waals surface area contributed by atoms with Crippen LogP contribution < -0.4 is 13.1 Å². The standard InChI is InChI=1S/C17H16O3Te/c1-19-13-10-15(20-2)14-8-9-16(21(18)17(14)11-13)12-6-4-3-5-7-12/h3-11,16H,1-2H3. The van der Waals surface area contributed by atoms with Crippen LogP contribution in [0.15, 0.2) is 48.5 Å². The monoisotopic (exact) mass is 398 g/mol. The Morgan fingerprint density at radius 1 is 1.05 bits per heavy atom. The first-order chi connectivity index (χ1) is 10.2. The van der Waals surface area contributed by atoms with Gasteiger partial charge < -0.3 is 0 Å². The molecule has 1 atom stereocenters. The molecular weight excluding hydrogens is 380 g/mol. The van der Waals surface area contributed by atoms with E-state index in [0.29, 0.717) is 11.5 Å². The molecule has 108 valence electrons. The number of benzene rings is 2. The molecule has 1 heterocycles. The van der Waals surface area contributed by atoms with Crippen LogP contribution in [-0.2, 0) is 3.10 Å². The van der Waals surface area contributed by atoms with E-state index in [9.17, 15) is 3.10 Å². The zero-order chi connectivity index (χ0) is 14.8. The molecule has 4 heteroatoms. The van der Waals surface area contributed by atoms with Gasteiger partial charge >= 0.3 is 131 Å². The molecule has 0 saturated carbocycles. The number of hydrogen-bond donors (Lipinski definition) is 0.